The molecule has 98 valence electrons. The highest BCUT2D eigenvalue weighted by atomic mass is 19.1. The van der Waals surface area contributed by atoms with Crippen LogP contribution >= 0.6 is 0 Å². The zero-order chi connectivity index (χ0) is 13.1. The van der Waals surface area contributed by atoms with Gasteiger partial charge < -0.3 is 21.1 Å². The molecular weight excluding hydrogens is 237 g/mol. The third kappa shape index (κ3) is 2.64. The third-order valence-corrected chi connectivity index (χ3v) is 2.94. The first-order valence-corrected chi connectivity index (χ1v) is 5.76. The van der Waals surface area contributed by atoms with E-state index in [1.807, 2.05) is 0 Å². The number of ether oxygens (including phenoxy) is 1. The normalized spacial score (nSPS) is 18.6. The Kier molecular flexibility index (Phi) is 3.55. The van der Waals surface area contributed by atoms with Gasteiger partial charge in [-0.3, -0.25) is 4.79 Å². The summed E-state index contributed by atoms with van der Waals surface area (Å²) in [6.45, 7) is 0.482. The first-order valence-electron chi connectivity index (χ1n) is 5.76. The van der Waals surface area contributed by atoms with Gasteiger partial charge in [0.15, 0.2) is 0 Å². The van der Waals surface area contributed by atoms with Crippen molar-refractivity contribution >= 4 is 17.3 Å². The van der Waals surface area contributed by atoms with Crippen molar-refractivity contribution in [1.29, 1.82) is 0 Å². The summed E-state index contributed by atoms with van der Waals surface area (Å²) in [5, 5.41) is 5.76. The molecule has 1 atom stereocenters. The molecule has 0 aromatic heterocycles. The number of carbonyl (C=O) groups is 1. The Labute approximate surface area is 104 Å². The minimum absolute atomic E-state index is 0.0390. The van der Waals surface area contributed by atoms with Crippen molar-refractivity contribution in [2.75, 3.05) is 24.7 Å². The molecular formula is C12H16FN3O2. The van der Waals surface area contributed by atoms with Crippen LogP contribution in [0.2, 0.25) is 0 Å². The van der Waals surface area contributed by atoms with E-state index in [0.717, 1.165) is 6.42 Å². The van der Waals surface area contributed by atoms with Crippen LogP contribution < -0.4 is 21.1 Å². The number of nitrogens with one attached hydrogen (secondary N) is 2. The second-order valence-corrected chi connectivity index (χ2v) is 4.26. The van der Waals surface area contributed by atoms with Gasteiger partial charge in [0.05, 0.1) is 18.5 Å². The zero-order valence-electron chi connectivity index (χ0n) is 10.1. The number of carbonyl (C=O) groups excluding carboxylic acids is 1. The maximum atomic E-state index is 13.6. The van der Waals surface area contributed by atoms with Gasteiger partial charge in [0.2, 0.25) is 5.91 Å². The van der Waals surface area contributed by atoms with Crippen molar-refractivity contribution in [3.8, 4) is 5.75 Å². The van der Waals surface area contributed by atoms with Crippen LogP contribution in [-0.4, -0.2) is 25.6 Å². The first-order chi connectivity index (χ1) is 8.60. The zero-order valence-corrected chi connectivity index (χ0v) is 10.1. The summed E-state index contributed by atoms with van der Waals surface area (Å²) >= 11 is 0. The number of hydrogen-bond donors (Lipinski definition) is 3. The van der Waals surface area contributed by atoms with Crippen LogP contribution in [0.25, 0.3) is 0 Å². The molecule has 0 radical (unpaired) electrons. The molecule has 5 nitrogen and oxygen atoms in total. The van der Waals surface area contributed by atoms with Crippen molar-refractivity contribution in [1.82, 2.24) is 5.32 Å². The molecule has 1 fully saturated rings. The predicted octanol–water partition coefficient (Wildman–Crippen LogP) is 1.11. The average molecular weight is 253 g/mol. The Morgan fingerprint density at radius 2 is 2.39 bits per heavy atom. The molecule has 1 aliphatic heterocycles. The van der Waals surface area contributed by atoms with E-state index in [-0.39, 0.29) is 17.6 Å². The third-order valence-electron chi connectivity index (χ3n) is 2.94. The van der Waals surface area contributed by atoms with Crippen LogP contribution in [0.5, 0.6) is 5.75 Å². The molecule has 0 saturated carbocycles. The van der Waals surface area contributed by atoms with Gasteiger partial charge in [-0.15, -0.1) is 0 Å². The van der Waals surface area contributed by atoms with Gasteiger partial charge in [0.25, 0.3) is 0 Å². The fraction of sp³-hybridized carbons (Fsp3) is 0.417. The van der Waals surface area contributed by atoms with Gasteiger partial charge in [0, 0.05) is 31.1 Å². The van der Waals surface area contributed by atoms with Gasteiger partial charge in [0.1, 0.15) is 11.6 Å². The molecule has 6 heteroatoms. The Bertz CT molecular complexity index is 465. The van der Waals surface area contributed by atoms with E-state index in [0.29, 0.717) is 24.4 Å². The number of anilines is 2. The molecule has 1 aliphatic rings. The number of methoxy groups -OCH3 is 1. The van der Waals surface area contributed by atoms with E-state index in [2.05, 4.69) is 10.6 Å². The van der Waals surface area contributed by atoms with E-state index >= 15 is 0 Å². The average Bonchev–Trinajstić information content (AvgIpc) is 2.74. The van der Waals surface area contributed by atoms with Gasteiger partial charge >= 0.3 is 0 Å². The fourth-order valence-electron chi connectivity index (χ4n) is 1.94. The van der Waals surface area contributed by atoms with Crippen LogP contribution in [0.3, 0.4) is 0 Å². The van der Waals surface area contributed by atoms with Crippen LogP contribution in [-0.2, 0) is 4.79 Å². The molecule has 2 rings (SSSR count). The lowest BCUT2D eigenvalue weighted by Gasteiger charge is -2.14. The maximum Gasteiger partial charge on any atom is 0.220 e. The summed E-state index contributed by atoms with van der Waals surface area (Å²) in [5.74, 6) is 0.0316. The lowest BCUT2D eigenvalue weighted by atomic mass is 10.2. The molecule has 0 bridgehead atoms. The number of rotatable bonds is 4. The predicted molar refractivity (Wildman–Crippen MR) is 67.0 cm³/mol. The Morgan fingerprint density at radius 3 is 3.00 bits per heavy atom. The molecule has 1 amide bonds. The van der Waals surface area contributed by atoms with E-state index in [4.69, 9.17) is 10.5 Å². The summed E-state index contributed by atoms with van der Waals surface area (Å²) in [6.07, 6.45) is 1.29. The molecule has 1 unspecified atom stereocenters. The minimum Gasteiger partial charge on any atom is -0.495 e. The van der Waals surface area contributed by atoms with E-state index in [1.54, 1.807) is 0 Å². The van der Waals surface area contributed by atoms with Crippen LogP contribution in [0.4, 0.5) is 15.8 Å². The molecule has 4 N–H and O–H groups in total. The van der Waals surface area contributed by atoms with Crippen molar-refractivity contribution in [3.05, 3.63) is 17.9 Å². The van der Waals surface area contributed by atoms with Crippen molar-refractivity contribution in [3.63, 3.8) is 0 Å². The fourth-order valence-corrected chi connectivity index (χ4v) is 1.94. The molecule has 0 spiro atoms. The van der Waals surface area contributed by atoms with Crippen molar-refractivity contribution < 1.29 is 13.9 Å². The van der Waals surface area contributed by atoms with Gasteiger partial charge in [-0.05, 0) is 6.42 Å². The summed E-state index contributed by atoms with van der Waals surface area (Å²) < 4.78 is 18.7. The lowest BCUT2D eigenvalue weighted by Crippen LogP contribution is -2.32. The Morgan fingerprint density at radius 1 is 1.61 bits per heavy atom. The van der Waals surface area contributed by atoms with Gasteiger partial charge in [-0.1, -0.05) is 0 Å². The van der Waals surface area contributed by atoms with Crippen LogP contribution in [0, 0.1) is 5.82 Å². The summed E-state index contributed by atoms with van der Waals surface area (Å²) in [7, 11) is 1.48. The standard InChI is InChI=1S/C12H16FN3O2/c1-18-11-5-10(8(13)4-9(11)14)15-6-7-2-3-12(17)16-7/h4-5,7,15H,2-3,6,14H2,1H3,(H,16,17). The topological polar surface area (TPSA) is 76.4 Å². The smallest absolute Gasteiger partial charge is 0.220 e. The second kappa shape index (κ2) is 5.12. The lowest BCUT2D eigenvalue weighted by molar-refractivity contribution is -0.119. The Hall–Kier alpha value is -1.98. The number of amides is 1. The maximum absolute atomic E-state index is 13.6. The van der Waals surface area contributed by atoms with Gasteiger partial charge in [-0.2, -0.15) is 0 Å². The monoisotopic (exact) mass is 253 g/mol. The molecule has 1 heterocycles. The van der Waals surface area contributed by atoms with Crippen LogP contribution in [0.15, 0.2) is 12.1 Å². The number of halogens is 1. The number of nitrogens with two attached hydrogens (primary N) is 1. The first kappa shape index (κ1) is 12.5. The molecule has 0 aliphatic carbocycles. The van der Waals surface area contributed by atoms with E-state index in [1.165, 1.54) is 19.2 Å². The summed E-state index contributed by atoms with van der Waals surface area (Å²) in [5.41, 5.74) is 6.17. The highest BCUT2D eigenvalue weighted by Gasteiger charge is 2.20. The number of nitrogen functional groups attached to an aromatic ring is 1. The summed E-state index contributed by atoms with van der Waals surface area (Å²) in [4.78, 5) is 11.0. The number of benzene rings is 1. The second-order valence-electron chi connectivity index (χ2n) is 4.26. The van der Waals surface area contributed by atoms with Gasteiger partial charge in [-0.25, -0.2) is 4.39 Å². The Balaban J connectivity index is 2.02. The molecule has 1 aromatic rings. The van der Waals surface area contributed by atoms with E-state index in [9.17, 15) is 9.18 Å². The minimum atomic E-state index is -0.433. The molecule has 1 saturated heterocycles. The highest BCUT2D eigenvalue weighted by Crippen LogP contribution is 2.28. The highest BCUT2D eigenvalue weighted by molar-refractivity contribution is 5.78. The largest absolute Gasteiger partial charge is 0.495 e. The van der Waals surface area contributed by atoms with Crippen molar-refractivity contribution in [2.45, 2.75) is 18.9 Å². The van der Waals surface area contributed by atoms with Crippen molar-refractivity contribution in [2.24, 2.45) is 0 Å². The molecule has 1 aromatic carbocycles. The summed E-state index contributed by atoms with van der Waals surface area (Å²) in [6, 6.07) is 2.77. The molecule has 18 heavy (non-hydrogen) atoms. The SMILES string of the molecule is COc1cc(NCC2CCC(=O)N2)c(F)cc1N. The quantitative estimate of drug-likeness (QED) is 0.702. The number of hydrogen-bond acceptors (Lipinski definition) is 4. The van der Waals surface area contributed by atoms with Crippen LogP contribution in [0.1, 0.15) is 12.8 Å². The van der Waals surface area contributed by atoms with E-state index < -0.39 is 5.82 Å².